The average molecular weight is 819 g/mol. The third kappa shape index (κ3) is 10.3. The van der Waals surface area contributed by atoms with E-state index in [-0.39, 0.29) is 26.8 Å². The van der Waals surface area contributed by atoms with Crippen LogP contribution in [0, 0.1) is 27.0 Å². The molecule has 0 amide bonds. The molecule has 5 heteroatoms. The Hall–Kier alpha value is -5.48. The van der Waals surface area contributed by atoms with Crippen molar-refractivity contribution in [3.63, 3.8) is 0 Å². The van der Waals surface area contributed by atoms with E-state index < -0.39 is 0 Å². The molecule has 0 aliphatic rings. The van der Waals surface area contributed by atoms with E-state index in [1.807, 2.05) is 144 Å². The van der Waals surface area contributed by atoms with Crippen molar-refractivity contribution >= 4 is 0 Å². The zero-order chi connectivity index (χ0) is 33.6. The van der Waals surface area contributed by atoms with E-state index in [4.69, 9.17) is 0 Å². The summed E-state index contributed by atoms with van der Waals surface area (Å²) in [5, 5.41) is 0. The fourth-order valence-electron chi connectivity index (χ4n) is 5.06. The summed E-state index contributed by atoms with van der Waals surface area (Å²) in [5.74, 6) is 0. The molecule has 7 aromatic rings. The van der Waals surface area contributed by atoms with Crippen molar-refractivity contribution < 1.29 is 29.1 Å². The van der Waals surface area contributed by atoms with E-state index in [2.05, 4.69) is 49.1 Å². The molecule has 0 unspecified atom stereocenters. The van der Waals surface area contributed by atoms with Gasteiger partial charge in [0.1, 0.15) is 0 Å². The zero-order valence-corrected chi connectivity index (χ0v) is 29.6. The average Bonchev–Trinajstić information content (AvgIpc) is 3.15. The minimum absolute atomic E-state index is 0. The van der Waals surface area contributed by atoms with Crippen molar-refractivity contribution in [3.8, 4) is 44.9 Å². The van der Waals surface area contributed by atoms with E-state index in [0.717, 1.165) is 61.6 Å². The molecule has 4 aromatic carbocycles. The molecule has 0 saturated heterocycles. The first kappa shape index (κ1) is 36.4. The monoisotopic (exact) mass is 819 g/mol. The van der Waals surface area contributed by atoms with Crippen molar-refractivity contribution in [2.24, 2.45) is 0 Å². The van der Waals surface area contributed by atoms with Gasteiger partial charge in [-0.3, -0.25) is 9.37 Å². The second-order valence-electron chi connectivity index (χ2n) is 10.9. The number of hydrogen-bond acceptors (Lipinski definition) is 2. The molecule has 0 aliphatic heterocycles. The third-order valence-electron chi connectivity index (χ3n) is 7.61. The number of alkyl halides is 1. The first-order valence-electron chi connectivity index (χ1n) is 15.7. The SMILES string of the molecule is [CH2-]c1ccc(-c2ccc(CCF)cc2)cc1-c1cccc[n+]1[CH2-].[CH2-]c1ccccc1-c1ccccn1.[Ir].[c-]1ccccc1-c1ccccn1. The molecule has 3 nitrogen and oxygen atoms in total. The number of aromatic nitrogens is 3. The number of hydrogen-bond donors (Lipinski definition) is 0. The van der Waals surface area contributed by atoms with Crippen LogP contribution in [-0.2, 0) is 26.5 Å². The largest absolute Gasteiger partial charge is 0.343 e. The summed E-state index contributed by atoms with van der Waals surface area (Å²) in [6.45, 7) is 7.76. The van der Waals surface area contributed by atoms with Crippen molar-refractivity contribution in [2.75, 3.05) is 6.67 Å². The molecule has 7 rings (SSSR count). The third-order valence-corrected chi connectivity index (χ3v) is 7.61. The quantitative estimate of drug-likeness (QED) is 0.124. The van der Waals surface area contributed by atoms with Gasteiger partial charge < -0.3 is 9.55 Å². The van der Waals surface area contributed by atoms with Crippen molar-refractivity contribution in [2.45, 2.75) is 6.42 Å². The topological polar surface area (TPSA) is 29.7 Å². The molecule has 247 valence electrons. The molecular formula is C44H37FIrN3-3. The van der Waals surface area contributed by atoms with E-state index in [1.54, 1.807) is 12.4 Å². The Morgan fingerprint density at radius 3 is 1.88 bits per heavy atom. The van der Waals surface area contributed by atoms with Crippen LogP contribution in [0.5, 0.6) is 0 Å². The predicted molar refractivity (Wildman–Crippen MR) is 195 cm³/mol. The van der Waals surface area contributed by atoms with Crippen molar-refractivity contribution in [1.29, 1.82) is 0 Å². The smallest absolute Gasteiger partial charge is 0.0934 e. The Bertz CT molecular complexity index is 1960. The number of rotatable bonds is 6. The maximum atomic E-state index is 12.4. The maximum Gasteiger partial charge on any atom is 0.0934 e. The molecule has 1 radical (unpaired) electrons. The Balaban J connectivity index is 0.000000177. The summed E-state index contributed by atoms with van der Waals surface area (Å²) < 4.78 is 14.3. The van der Waals surface area contributed by atoms with E-state index in [1.165, 1.54) is 0 Å². The molecule has 0 atom stereocenters. The van der Waals surface area contributed by atoms with Gasteiger partial charge in [-0.15, -0.1) is 71.3 Å². The number of nitrogens with zero attached hydrogens (tertiary/aromatic N) is 3. The Labute approximate surface area is 303 Å². The summed E-state index contributed by atoms with van der Waals surface area (Å²) in [6, 6.07) is 50.9. The number of halogens is 1. The molecule has 49 heavy (non-hydrogen) atoms. The summed E-state index contributed by atoms with van der Waals surface area (Å²) >= 11 is 0. The van der Waals surface area contributed by atoms with Gasteiger partial charge in [0, 0.05) is 51.7 Å². The van der Waals surface area contributed by atoms with Gasteiger partial charge in [0.25, 0.3) is 0 Å². The summed E-state index contributed by atoms with van der Waals surface area (Å²) in [5.41, 5.74) is 11.4. The molecular weight excluding hydrogens is 782 g/mol. The predicted octanol–water partition coefficient (Wildman–Crippen LogP) is 10.1. The Morgan fingerprint density at radius 1 is 0.612 bits per heavy atom. The summed E-state index contributed by atoms with van der Waals surface area (Å²) in [7, 11) is 4.03. The normalized spacial score (nSPS) is 9.98. The zero-order valence-electron chi connectivity index (χ0n) is 27.2. The molecule has 0 fully saturated rings. The molecule has 0 spiro atoms. The number of aryl methyl sites for hydroxylation is 1. The molecule has 0 aliphatic carbocycles. The molecule has 0 saturated carbocycles. The van der Waals surface area contributed by atoms with Gasteiger partial charge in [0.15, 0.2) is 0 Å². The summed E-state index contributed by atoms with van der Waals surface area (Å²) in [4.78, 5) is 8.49. The molecule has 3 aromatic heterocycles. The van der Waals surface area contributed by atoms with Crippen LogP contribution in [0.1, 0.15) is 16.7 Å². The van der Waals surface area contributed by atoms with Gasteiger partial charge in [-0.2, -0.15) is 37.1 Å². The van der Waals surface area contributed by atoms with Crippen LogP contribution in [0.3, 0.4) is 0 Å². The van der Waals surface area contributed by atoms with Crippen LogP contribution in [0.2, 0.25) is 0 Å². The van der Waals surface area contributed by atoms with Crippen molar-refractivity contribution in [1.82, 2.24) is 9.97 Å². The minimum Gasteiger partial charge on any atom is -0.343 e. The second-order valence-corrected chi connectivity index (χ2v) is 10.9. The van der Waals surface area contributed by atoms with Gasteiger partial charge in [-0.25, -0.2) is 0 Å². The fraction of sp³-hybridized carbons (Fsp3) is 0.0455. The standard InChI is InChI=1S/C21H19FN.C12H10N.C11H8N.Ir/c1-16-6-9-19(18-10-7-17(8-11-18)12-13-22)15-20(16)21-5-3-4-14-23(21)2;1-10-6-2-3-7-11(10)12-8-4-5-9-13-12;1-2-6-10(7-3-1)11-8-4-5-9-12-11;/h3-11,14-15H,1-2,12-13H2;2-9H,1H2;1-6,8-9H;/q3*-1;. The van der Waals surface area contributed by atoms with Crippen LogP contribution in [0.15, 0.2) is 164 Å². The van der Waals surface area contributed by atoms with Crippen LogP contribution in [-0.4, -0.2) is 16.6 Å². The fourth-order valence-corrected chi connectivity index (χ4v) is 5.06. The molecule has 0 bridgehead atoms. The van der Waals surface area contributed by atoms with Crippen LogP contribution in [0.4, 0.5) is 4.39 Å². The second kappa shape index (κ2) is 18.8. The van der Waals surface area contributed by atoms with Gasteiger partial charge in [-0.05, 0) is 40.6 Å². The van der Waals surface area contributed by atoms with Crippen LogP contribution >= 0.6 is 0 Å². The molecule has 0 N–H and O–H groups in total. The first-order valence-corrected chi connectivity index (χ1v) is 15.7. The Kier molecular flexibility index (Phi) is 13.9. The summed E-state index contributed by atoms with van der Waals surface area (Å²) in [6.07, 6.45) is 5.97. The number of benzene rings is 4. The van der Waals surface area contributed by atoms with Crippen LogP contribution in [0.25, 0.3) is 44.9 Å². The van der Waals surface area contributed by atoms with E-state index in [0.29, 0.717) is 6.42 Å². The van der Waals surface area contributed by atoms with Crippen molar-refractivity contribution in [3.05, 3.63) is 208 Å². The Morgan fingerprint density at radius 2 is 1.24 bits per heavy atom. The minimum atomic E-state index is -0.322. The van der Waals surface area contributed by atoms with Gasteiger partial charge in [-0.1, -0.05) is 66.7 Å². The first-order chi connectivity index (χ1) is 23.5. The van der Waals surface area contributed by atoms with E-state index >= 15 is 0 Å². The van der Waals surface area contributed by atoms with Gasteiger partial charge in [0.2, 0.25) is 0 Å². The maximum absolute atomic E-state index is 12.4. The van der Waals surface area contributed by atoms with Crippen LogP contribution < -0.4 is 4.57 Å². The van der Waals surface area contributed by atoms with Gasteiger partial charge in [0.05, 0.1) is 18.6 Å². The van der Waals surface area contributed by atoms with E-state index in [9.17, 15) is 4.39 Å². The number of pyridine rings is 3. The van der Waals surface area contributed by atoms with Gasteiger partial charge >= 0.3 is 0 Å². The molecule has 3 heterocycles.